The molecule has 8 heteroatoms. The minimum Gasteiger partial charge on any atom is -0.374 e. The number of halogens is 1. The van der Waals surface area contributed by atoms with Gasteiger partial charge in [-0.05, 0) is 61.4 Å². The van der Waals surface area contributed by atoms with Crippen molar-refractivity contribution in [3.8, 4) is 17.1 Å². The van der Waals surface area contributed by atoms with Crippen molar-refractivity contribution in [1.82, 2.24) is 20.1 Å². The predicted octanol–water partition coefficient (Wildman–Crippen LogP) is 5.41. The van der Waals surface area contributed by atoms with Gasteiger partial charge in [-0.15, -0.1) is 10.2 Å². The van der Waals surface area contributed by atoms with Crippen LogP contribution in [0.1, 0.15) is 25.0 Å². The number of rotatable bonds is 10. The molecular weight excluding hydrogens is 463 g/mol. The van der Waals surface area contributed by atoms with Crippen molar-refractivity contribution in [2.75, 3.05) is 5.75 Å². The number of hydrogen-bond acceptors (Lipinski definition) is 5. The van der Waals surface area contributed by atoms with Gasteiger partial charge in [0.05, 0.1) is 18.5 Å². The number of ether oxygens (including phenoxy) is 1. The molecule has 1 heterocycles. The topological polar surface area (TPSA) is 69.0 Å². The van der Waals surface area contributed by atoms with Crippen molar-refractivity contribution in [2.24, 2.45) is 0 Å². The van der Waals surface area contributed by atoms with Crippen molar-refractivity contribution in [3.05, 3.63) is 95.8 Å². The highest BCUT2D eigenvalue weighted by Gasteiger charge is 2.17. The monoisotopic (exact) mass is 490 g/mol. The van der Waals surface area contributed by atoms with Crippen LogP contribution in [0.4, 0.5) is 4.39 Å². The van der Waals surface area contributed by atoms with E-state index in [1.807, 2.05) is 73.0 Å². The fourth-order valence-electron chi connectivity index (χ4n) is 3.46. The summed E-state index contributed by atoms with van der Waals surface area (Å²) in [5.41, 5.74) is 3.68. The van der Waals surface area contributed by atoms with E-state index in [1.165, 1.54) is 23.9 Å². The number of thioether (sulfide) groups is 1. The molecular formula is C27H27FN4O2S. The lowest BCUT2D eigenvalue weighted by Gasteiger charge is -2.13. The normalized spacial score (nSPS) is 11.1. The molecule has 0 spiro atoms. The summed E-state index contributed by atoms with van der Waals surface area (Å²) < 4.78 is 21.0. The number of benzene rings is 3. The van der Waals surface area contributed by atoms with Crippen LogP contribution < -0.4 is 5.32 Å². The highest BCUT2D eigenvalue weighted by molar-refractivity contribution is 7.99. The molecule has 0 aliphatic rings. The minimum absolute atomic E-state index is 0.111. The molecule has 0 saturated heterocycles. The van der Waals surface area contributed by atoms with Gasteiger partial charge in [-0.3, -0.25) is 9.36 Å². The van der Waals surface area contributed by atoms with E-state index >= 15 is 0 Å². The molecule has 0 aliphatic heterocycles. The lowest BCUT2D eigenvalue weighted by molar-refractivity contribution is -0.118. The smallest absolute Gasteiger partial charge is 0.230 e. The van der Waals surface area contributed by atoms with Gasteiger partial charge in [-0.2, -0.15) is 0 Å². The highest BCUT2D eigenvalue weighted by Crippen LogP contribution is 2.28. The van der Waals surface area contributed by atoms with E-state index in [-0.39, 0.29) is 23.6 Å². The Hall–Kier alpha value is -3.49. The van der Waals surface area contributed by atoms with Gasteiger partial charge in [0.25, 0.3) is 0 Å². The van der Waals surface area contributed by atoms with Crippen LogP contribution in [0.5, 0.6) is 0 Å². The van der Waals surface area contributed by atoms with E-state index in [1.54, 1.807) is 12.1 Å². The Bertz CT molecular complexity index is 1260. The Balaban J connectivity index is 1.46. The van der Waals surface area contributed by atoms with Crippen LogP contribution >= 0.6 is 11.8 Å². The highest BCUT2D eigenvalue weighted by atomic mass is 32.2. The van der Waals surface area contributed by atoms with Gasteiger partial charge >= 0.3 is 0 Å². The molecule has 4 aromatic rings. The van der Waals surface area contributed by atoms with Crippen molar-refractivity contribution in [1.29, 1.82) is 0 Å². The van der Waals surface area contributed by atoms with E-state index in [9.17, 15) is 9.18 Å². The molecule has 180 valence electrons. The summed E-state index contributed by atoms with van der Waals surface area (Å²) in [4.78, 5) is 12.7. The number of carbonyl (C=O) groups excluding carboxylic acids is 1. The molecule has 0 saturated carbocycles. The van der Waals surface area contributed by atoms with Gasteiger partial charge in [-0.1, -0.05) is 54.2 Å². The minimum atomic E-state index is -0.317. The average molecular weight is 491 g/mol. The molecule has 4 rings (SSSR count). The van der Waals surface area contributed by atoms with Crippen molar-refractivity contribution in [3.63, 3.8) is 0 Å². The van der Waals surface area contributed by atoms with Crippen LogP contribution in [0.15, 0.2) is 84.0 Å². The Morgan fingerprint density at radius 3 is 2.37 bits per heavy atom. The first-order chi connectivity index (χ1) is 17.0. The van der Waals surface area contributed by atoms with E-state index in [0.717, 1.165) is 22.4 Å². The molecule has 35 heavy (non-hydrogen) atoms. The molecule has 0 atom stereocenters. The maximum absolute atomic E-state index is 13.4. The summed E-state index contributed by atoms with van der Waals surface area (Å²) in [6, 6.07) is 23.7. The van der Waals surface area contributed by atoms with E-state index in [2.05, 4.69) is 15.5 Å². The largest absolute Gasteiger partial charge is 0.374 e. The maximum atomic E-state index is 13.4. The lowest BCUT2D eigenvalue weighted by atomic mass is 10.1. The number of carbonyl (C=O) groups is 1. The zero-order valence-corrected chi connectivity index (χ0v) is 20.5. The third kappa shape index (κ3) is 6.55. The second-order valence-electron chi connectivity index (χ2n) is 8.18. The third-order valence-corrected chi connectivity index (χ3v) is 6.18. The lowest BCUT2D eigenvalue weighted by Crippen LogP contribution is -2.25. The number of amides is 1. The van der Waals surface area contributed by atoms with Crippen molar-refractivity contribution >= 4 is 17.7 Å². The Labute approximate surface area is 208 Å². The summed E-state index contributed by atoms with van der Waals surface area (Å²) in [5.74, 6) is 0.334. The van der Waals surface area contributed by atoms with Crippen LogP contribution in [0.25, 0.3) is 17.1 Å². The number of hydrogen-bond donors (Lipinski definition) is 1. The quantitative estimate of drug-likeness (QED) is 0.301. The molecule has 0 radical (unpaired) electrons. The number of nitrogens with zero attached hydrogens (tertiary/aromatic N) is 3. The SMILES string of the molecule is CC(C)OCc1ccccc1CNC(=O)CSc1nnc(-c2ccc(F)cc2)n1-c1ccccc1. The fraction of sp³-hybridized carbons (Fsp3) is 0.222. The van der Waals surface area contributed by atoms with Gasteiger partial charge in [0.15, 0.2) is 11.0 Å². The molecule has 1 aromatic heterocycles. The second-order valence-corrected chi connectivity index (χ2v) is 9.12. The molecule has 0 unspecified atom stereocenters. The first kappa shape index (κ1) is 24.6. The van der Waals surface area contributed by atoms with Gasteiger partial charge in [0.2, 0.25) is 5.91 Å². The Morgan fingerprint density at radius 1 is 0.971 bits per heavy atom. The van der Waals surface area contributed by atoms with Gasteiger partial charge < -0.3 is 10.1 Å². The average Bonchev–Trinajstić information content (AvgIpc) is 3.30. The van der Waals surface area contributed by atoms with Gasteiger partial charge in [0.1, 0.15) is 5.82 Å². The Morgan fingerprint density at radius 2 is 1.66 bits per heavy atom. The molecule has 0 bridgehead atoms. The van der Waals surface area contributed by atoms with E-state index in [0.29, 0.717) is 24.1 Å². The zero-order valence-electron chi connectivity index (χ0n) is 19.6. The Kier molecular flexibility index (Phi) is 8.28. The van der Waals surface area contributed by atoms with Gasteiger partial charge in [0, 0.05) is 17.8 Å². The third-order valence-electron chi connectivity index (χ3n) is 5.25. The summed E-state index contributed by atoms with van der Waals surface area (Å²) >= 11 is 1.30. The number of nitrogens with one attached hydrogen (secondary N) is 1. The van der Waals surface area contributed by atoms with Crippen LogP contribution in [-0.2, 0) is 22.7 Å². The number of para-hydroxylation sites is 1. The second kappa shape index (κ2) is 11.8. The summed E-state index contributed by atoms with van der Waals surface area (Å²) in [6.45, 7) is 4.92. The molecule has 3 aromatic carbocycles. The summed E-state index contributed by atoms with van der Waals surface area (Å²) in [5, 5.41) is 12.2. The molecule has 0 fully saturated rings. The van der Waals surface area contributed by atoms with Crippen LogP contribution in [-0.4, -0.2) is 32.5 Å². The van der Waals surface area contributed by atoms with Gasteiger partial charge in [-0.25, -0.2) is 4.39 Å². The number of aromatic nitrogens is 3. The van der Waals surface area contributed by atoms with E-state index < -0.39 is 0 Å². The van der Waals surface area contributed by atoms with Crippen LogP contribution in [0.3, 0.4) is 0 Å². The molecule has 1 N–H and O–H groups in total. The van der Waals surface area contributed by atoms with Crippen LogP contribution in [0.2, 0.25) is 0 Å². The van der Waals surface area contributed by atoms with Crippen molar-refractivity contribution in [2.45, 2.75) is 38.3 Å². The van der Waals surface area contributed by atoms with E-state index in [4.69, 9.17) is 4.74 Å². The fourth-order valence-corrected chi connectivity index (χ4v) is 4.24. The first-order valence-electron chi connectivity index (χ1n) is 11.4. The first-order valence-corrected chi connectivity index (χ1v) is 12.3. The maximum Gasteiger partial charge on any atom is 0.230 e. The molecule has 6 nitrogen and oxygen atoms in total. The summed E-state index contributed by atoms with van der Waals surface area (Å²) in [6.07, 6.45) is 0.135. The molecule has 1 amide bonds. The van der Waals surface area contributed by atoms with Crippen LogP contribution in [0, 0.1) is 5.82 Å². The summed E-state index contributed by atoms with van der Waals surface area (Å²) in [7, 11) is 0. The predicted molar refractivity (Wildman–Crippen MR) is 136 cm³/mol. The molecule has 0 aliphatic carbocycles. The van der Waals surface area contributed by atoms with Crippen molar-refractivity contribution < 1.29 is 13.9 Å². The zero-order chi connectivity index (χ0) is 24.6. The standard InChI is InChI=1S/C27H27FN4O2S/c1-19(2)34-17-22-9-7-6-8-21(22)16-29-25(33)18-35-27-31-30-26(20-12-14-23(28)15-13-20)32(27)24-10-4-3-5-11-24/h3-15,19H,16-18H2,1-2H3,(H,29,33).